The molecule has 31 heavy (non-hydrogen) atoms. The molecule has 0 aliphatic heterocycles. The molecule has 7 heteroatoms. The van der Waals surface area contributed by atoms with Gasteiger partial charge in [-0.25, -0.2) is 4.79 Å². The quantitative estimate of drug-likeness (QED) is 0.478. The van der Waals surface area contributed by atoms with Crippen molar-refractivity contribution in [1.82, 2.24) is 24.9 Å². The summed E-state index contributed by atoms with van der Waals surface area (Å²) in [6.45, 7) is 5.77. The maximum Gasteiger partial charge on any atom is 0.320 e. The van der Waals surface area contributed by atoms with Gasteiger partial charge in [0.25, 0.3) is 0 Å². The van der Waals surface area contributed by atoms with Gasteiger partial charge in [0.05, 0.1) is 18.8 Å². The van der Waals surface area contributed by atoms with Gasteiger partial charge >= 0.3 is 6.03 Å². The molecule has 2 amide bonds. The molecule has 0 spiro atoms. The first-order valence-corrected chi connectivity index (χ1v) is 10.3. The van der Waals surface area contributed by atoms with Crippen molar-refractivity contribution in [3.63, 3.8) is 0 Å². The van der Waals surface area contributed by atoms with E-state index in [4.69, 9.17) is 0 Å². The zero-order valence-corrected chi connectivity index (χ0v) is 17.7. The Labute approximate surface area is 181 Å². The van der Waals surface area contributed by atoms with Crippen molar-refractivity contribution in [2.24, 2.45) is 0 Å². The van der Waals surface area contributed by atoms with E-state index >= 15 is 0 Å². The van der Waals surface area contributed by atoms with E-state index in [0.717, 1.165) is 22.5 Å². The number of benzene rings is 2. The second-order valence-corrected chi connectivity index (χ2v) is 7.48. The third kappa shape index (κ3) is 5.19. The van der Waals surface area contributed by atoms with Gasteiger partial charge in [0.2, 0.25) is 0 Å². The molecular weight excluding hydrogens is 388 g/mol. The van der Waals surface area contributed by atoms with Gasteiger partial charge in [-0.05, 0) is 25.0 Å². The van der Waals surface area contributed by atoms with Crippen molar-refractivity contribution < 1.29 is 4.79 Å². The third-order valence-corrected chi connectivity index (χ3v) is 5.20. The summed E-state index contributed by atoms with van der Waals surface area (Å²) in [6, 6.07) is 21.8. The van der Waals surface area contributed by atoms with Crippen LogP contribution in [0.3, 0.4) is 0 Å². The van der Waals surface area contributed by atoms with Crippen LogP contribution in [0.5, 0.6) is 0 Å². The van der Waals surface area contributed by atoms with E-state index in [0.29, 0.717) is 25.5 Å². The van der Waals surface area contributed by atoms with Crippen LogP contribution in [0.2, 0.25) is 0 Å². The Hall–Kier alpha value is -3.87. The minimum Gasteiger partial charge on any atom is -0.334 e. The number of aromatic nitrogens is 4. The Kier molecular flexibility index (Phi) is 6.12. The highest BCUT2D eigenvalue weighted by molar-refractivity contribution is 5.88. The summed E-state index contributed by atoms with van der Waals surface area (Å²) < 4.78 is 3.78. The molecule has 0 saturated heterocycles. The molecule has 0 radical (unpaired) electrons. The summed E-state index contributed by atoms with van der Waals surface area (Å²) in [5, 5.41) is 14.8. The highest BCUT2D eigenvalue weighted by Gasteiger charge is 2.13. The van der Waals surface area contributed by atoms with Crippen LogP contribution in [-0.2, 0) is 19.6 Å². The lowest BCUT2D eigenvalue weighted by Gasteiger charge is -2.08. The number of nitrogens with zero attached hydrogens (tertiary/aromatic N) is 4. The van der Waals surface area contributed by atoms with E-state index < -0.39 is 0 Å². The lowest BCUT2D eigenvalue weighted by atomic mass is 10.2. The molecule has 2 aromatic heterocycles. The zero-order valence-electron chi connectivity index (χ0n) is 17.7. The first-order chi connectivity index (χ1) is 15.1. The molecule has 2 heterocycles. The fourth-order valence-electron chi connectivity index (χ4n) is 3.52. The number of rotatable bonds is 7. The topological polar surface area (TPSA) is 76.8 Å². The van der Waals surface area contributed by atoms with Gasteiger partial charge in [0.15, 0.2) is 5.82 Å². The van der Waals surface area contributed by atoms with Crippen molar-refractivity contribution >= 4 is 11.8 Å². The van der Waals surface area contributed by atoms with E-state index in [1.807, 2.05) is 73.3 Å². The highest BCUT2D eigenvalue weighted by Crippen LogP contribution is 2.15. The summed E-state index contributed by atoms with van der Waals surface area (Å²) in [5.74, 6) is 0.515. The van der Waals surface area contributed by atoms with Crippen LogP contribution in [0.25, 0.3) is 0 Å². The van der Waals surface area contributed by atoms with Crippen LogP contribution in [0, 0.1) is 13.8 Å². The number of carbonyl (C=O) groups excluding carboxylic acids is 1. The molecule has 2 aromatic carbocycles. The molecule has 0 bridgehead atoms. The fourth-order valence-corrected chi connectivity index (χ4v) is 3.52. The van der Waals surface area contributed by atoms with Gasteiger partial charge in [-0.3, -0.25) is 14.7 Å². The Balaban J connectivity index is 1.33. The molecule has 0 saturated carbocycles. The summed E-state index contributed by atoms with van der Waals surface area (Å²) in [6.07, 6.45) is 1.85. The van der Waals surface area contributed by atoms with Crippen LogP contribution in [0.15, 0.2) is 72.9 Å². The number of urea groups is 1. The van der Waals surface area contributed by atoms with Crippen LogP contribution in [0.4, 0.5) is 10.6 Å². The van der Waals surface area contributed by atoms with Gasteiger partial charge in [-0.2, -0.15) is 10.2 Å². The second-order valence-electron chi connectivity index (χ2n) is 7.48. The van der Waals surface area contributed by atoms with E-state index in [2.05, 4.69) is 33.0 Å². The fraction of sp³-hybridized carbons (Fsp3) is 0.208. The Morgan fingerprint density at radius 2 is 1.52 bits per heavy atom. The third-order valence-electron chi connectivity index (χ3n) is 5.20. The van der Waals surface area contributed by atoms with Crippen molar-refractivity contribution in [2.45, 2.75) is 33.5 Å². The standard InChI is InChI=1S/C24H26N6O/c1-18-22(19(2)30(27-18)17-21-11-7-4-8-12-21)15-25-24(31)26-23-13-14-29(28-23)16-20-9-5-3-6-10-20/h3-14H,15-17H2,1-2H3,(H2,25,26,28,31). The Morgan fingerprint density at radius 3 is 2.19 bits per heavy atom. The number of aryl methyl sites for hydroxylation is 1. The first kappa shape index (κ1) is 20.4. The molecule has 0 atom stereocenters. The molecule has 0 fully saturated rings. The number of hydrogen-bond acceptors (Lipinski definition) is 3. The number of amides is 2. The zero-order chi connectivity index (χ0) is 21.6. The summed E-state index contributed by atoms with van der Waals surface area (Å²) >= 11 is 0. The van der Waals surface area contributed by atoms with Crippen molar-refractivity contribution in [2.75, 3.05) is 5.32 Å². The van der Waals surface area contributed by atoms with E-state index in [1.165, 1.54) is 5.56 Å². The number of anilines is 1. The normalized spacial score (nSPS) is 10.8. The Morgan fingerprint density at radius 1 is 0.871 bits per heavy atom. The van der Waals surface area contributed by atoms with Crippen molar-refractivity contribution in [1.29, 1.82) is 0 Å². The minimum absolute atomic E-state index is 0.292. The summed E-state index contributed by atoms with van der Waals surface area (Å²) in [5.41, 5.74) is 5.34. The summed E-state index contributed by atoms with van der Waals surface area (Å²) in [4.78, 5) is 12.4. The number of carbonyl (C=O) groups is 1. The van der Waals surface area contributed by atoms with Gasteiger partial charge in [-0.1, -0.05) is 60.7 Å². The number of nitrogens with one attached hydrogen (secondary N) is 2. The molecule has 0 unspecified atom stereocenters. The second kappa shape index (κ2) is 9.30. The van der Waals surface area contributed by atoms with Gasteiger partial charge in [-0.15, -0.1) is 0 Å². The SMILES string of the molecule is Cc1nn(Cc2ccccc2)c(C)c1CNC(=O)Nc1ccn(Cc2ccccc2)n1. The van der Waals surface area contributed by atoms with E-state index in [9.17, 15) is 4.79 Å². The molecule has 158 valence electrons. The van der Waals surface area contributed by atoms with Crippen LogP contribution in [0.1, 0.15) is 28.1 Å². The lowest BCUT2D eigenvalue weighted by Crippen LogP contribution is -2.28. The van der Waals surface area contributed by atoms with Gasteiger partial charge in [0, 0.05) is 30.1 Å². The van der Waals surface area contributed by atoms with E-state index in [1.54, 1.807) is 10.7 Å². The maximum absolute atomic E-state index is 12.4. The smallest absolute Gasteiger partial charge is 0.320 e. The molecule has 0 aliphatic rings. The van der Waals surface area contributed by atoms with Crippen molar-refractivity contribution in [3.05, 3.63) is 101 Å². The predicted molar refractivity (Wildman–Crippen MR) is 121 cm³/mol. The summed E-state index contributed by atoms with van der Waals surface area (Å²) in [7, 11) is 0. The lowest BCUT2D eigenvalue weighted by molar-refractivity contribution is 0.251. The highest BCUT2D eigenvalue weighted by atomic mass is 16.2. The molecule has 2 N–H and O–H groups in total. The monoisotopic (exact) mass is 414 g/mol. The van der Waals surface area contributed by atoms with Gasteiger partial charge in [0.1, 0.15) is 0 Å². The van der Waals surface area contributed by atoms with Crippen molar-refractivity contribution in [3.8, 4) is 0 Å². The van der Waals surface area contributed by atoms with Crippen LogP contribution in [-0.4, -0.2) is 25.6 Å². The van der Waals surface area contributed by atoms with E-state index in [-0.39, 0.29) is 6.03 Å². The Bertz CT molecular complexity index is 1150. The minimum atomic E-state index is -0.292. The molecular formula is C24H26N6O. The molecule has 4 aromatic rings. The number of hydrogen-bond donors (Lipinski definition) is 2. The van der Waals surface area contributed by atoms with Crippen LogP contribution < -0.4 is 10.6 Å². The van der Waals surface area contributed by atoms with Crippen LogP contribution >= 0.6 is 0 Å². The molecule has 0 aliphatic carbocycles. The first-order valence-electron chi connectivity index (χ1n) is 10.3. The predicted octanol–water partition coefficient (Wildman–Crippen LogP) is 4.11. The molecule has 4 rings (SSSR count). The average Bonchev–Trinajstić information content (AvgIpc) is 3.31. The maximum atomic E-state index is 12.4. The van der Waals surface area contributed by atoms with Gasteiger partial charge < -0.3 is 5.32 Å². The molecule has 7 nitrogen and oxygen atoms in total. The largest absolute Gasteiger partial charge is 0.334 e. The average molecular weight is 415 g/mol.